The van der Waals surface area contributed by atoms with Crippen molar-refractivity contribution < 1.29 is 18.0 Å². The van der Waals surface area contributed by atoms with E-state index >= 15 is 0 Å². The van der Waals surface area contributed by atoms with Crippen molar-refractivity contribution in [2.24, 2.45) is 5.92 Å². The van der Waals surface area contributed by atoms with Crippen LogP contribution in [0, 0.1) is 26.7 Å². The van der Waals surface area contributed by atoms with Gasteiger partial charge in [0.15, 0.2) is 0 Å². The highest BCUT2D eigenvalue weighted by Gasteiger charge is 2.29. The monoisotopic (exact) mass is 477 g/mol. The molecule has 0 atom stereocenters. The van der Waals surface area contributed by atoms with E-state index in [1.54, 1.807) is 43.3 Å². The third kappa shape index (κ3) is 5.46. The van der Waals surface area contributed by atoms with Gasteiger partial charge in [-0.3, -0.25) is 14.3 Å². The summed E-state index contributed by atoms with van der Waals surface area (Å²) in [5.74, 6) is -0.380. The minimum Gasteiger partial charge on any atom is -0.326 e. The molecular weight excluding hydrogens is 450 g/mol. The fraction of sp³-hybridized carbons (Fsp3) is 0.231. The molecular formula is C26H27N3O4S. The number of hydrogen-bond acceptors (Lipinski definition) is 4. The maximum atomic E-state index is 13.1. The molecule has 0 bridgehead atoms. The molecule has 3 N–H and O–H groups in total. The molecule has 1 aliphatic carbocycles. The van der Waals surface area contributed by atoms with E-state index in [9.17, 15) is 18.0 Å². The third-order valence-electron chi connectivity index (χ3n) is 5.74. The van der Waals surface area contributed by atoms with Crippen molar-refractivity contribution in [3.05, 3.63) is 82.9 Å². The van der Waals surface area contributed by atoms with Crippen LogP contribution in [0.25, 0.3) is 0 Å². The lowest BCUT2D eigenvalue weighted by atomic mass is 10.1. The molecule has 0 aromatic heterocycles. The predicted octanol–water partition coefficient (Wildman–Crippen LogP) is 5.01. The Balaban J connectivity index is 1.56. The Morgan fingerprint density at radius 1 is 0.824 bits per heavy atom. The maximum absolute atomic E-state index is 13.1. The van der Waals surface area contributed by atoms with Gasteiger partial charge >= 0.3 is 0 Å². The minimum absolute atomic E-state index is 0.00748. The van der Waals surface area contributed by atoms with Crippen LogP contribution in [0.4, 0.5) is 17.1 Å². The molecule has 4 rings (SSSR count). The number of amides is 2. The summed E-state index contributed by atoms with van der Waals surface area (Å²) in [6, 6.07) is 16.8. The average Bonchev–Trinajstić information content (AvgIpc) is 3.61. The summed E-state index contributed by atoms with van der Waals surface area (Å²) in [5.41, 5.74) is 4.24. The molecule has 0 saturated heterocycles. The van der Waals surface area contributed by atoms with Crippen LogP contribution in [0.5, 0.6) is 0 Å². The minimum atomic E-state index is -3.88. The van der Waals surface area contributed by atoms with Crippen LogP contribution >= 0.6 is 0 Å². The SMILES string of the molecule is Cc1cccc(NS(=O)(=O)c2ccc(C)c(C(=O)Nc3cc(NC(=O)C4CC4)ccc3C)c2)c1. The van der Waals surface area contributed by atoms with Gasteiger partial charge in [-0.1, -0.05) is 24.3 Å². The van der Waals surface area contributed by atoms with E-state index in [0.717, 1.165) is 24.0 Å². The zero-order valence-corrected chi connectivity index (χ0v) is 20.1. The molecule has 0 radical (unpaired) electrons. The van der Waals surface area contributed by atoms with Crippen LogP contribution < -0.4 is 15.4 Å². The molecule has 2 amide bonds. The predicted molar refractivity (Wildman–Crippen MR) is 134 cm³/mol. The first kappa shape index (κ1) is 23.5. The molecule has 1 saturated carbocycles. The number of aryl methyl sites for hydroxylation is 3. The zero-order chi connectivity index (χ0) is 24.5. The highest BCUT2D eigenvalue weighted by Crippen LogP contribution is 2.31. The number of anilines is 3. The number of hydrogen-bond donors (Lipinski definition) is 3. The van der Waals surface area contributed by atoms with Crippen LogP contribution in [0.1, 0.15) is 39.9 Å². The maximum Gasteiger partial charge on any atom is 0.261 e. The largest absolute Gasteiger partial charge is 0.326 e. The fourth-order valence-corrected chi connectivity index (χ4v) is 4.62. The number of carbonyl (C=O) groups is 2. The number of rotatable bonds is 7. The molecule has 8 heteroatoms. The standard InChI is InChI=1S/C26H27N3O4S/c1-16-5-4-6-21(13-16)29-34(32,33)22-12-8-17(2)23(15-22)26(31)28-24-14-20(11-7-18(24)3)27-25(30)19-9-10-19/h4-8,11-15,19,29H,9-10H2,1-3H3,(H,27,30)(H,28,31). The summed E-state index contributed by atoms with van der Waals surface area (Å²) >= 11 is 0. The Kier molecular flexibility index (Phi) is 6.43. The number of carbonyl (C=O) groups excluding carboxylic acids is 2. The Bertz CT molecular complexity index is 1380. The van der Waals surface area contributed by atoms with E-state index in [2.05, 4.69) is 15.4 Å². The lowest BCUT2D eigenvalue weighted by molar-refractivity contribution is -0.117. The average molecular weight is 478 g/mol. The Morgan fingerprint density at radius 2 is 1.56 bits per heavy atom. The van der Waals surface area contributed by atoms with Crippen LogP contribution in [-0.2, 0) is 14.8 Å². The highest BCUT2D eigenvalue weighted by molar-refractivity contribution is 7.92. The molecule has 1 aliphatic rings. The van der Waals surface area contributed by atoms with Crippen LogP contribution in [0.3, 0.4) is 0 Å². The second-order valence-electron chi connectivity index (χ2n) is 8.70. The quantitative estimate of drug-likeness (QED) is 0.445. The number of sulfonamides is 1. The first-order chi connectivity index (χ1) is 16.1. The van der Waals surface area contributed by atoms with Crippen molar-refractivity contribution in [3.63, 3.8) is 0 Å². The second kappa shape index (κ2) is 9.30. The third-order valence-corrected chi connectivity index (χ3v) is 7.11. The number of benzene rings is 3. The molecule has 0 spiro atoms. The summed E-state index contributed by atoms with van der Waals surface area (Å²) in [7, 11) is -3.88. The van der Waals surface area contributed by atoms with Crippen LogP contribution in [0.2, 0.25) is 0 Å². The van der Waals surface area contributed by atoms with E-state index in [4.69, 9.17) is 0 Å². The van der Waals surface area contributed by atoms with Gasteiger partial charge in [0.25, 0.3) is 15.9 Å². The van der Waals surface area contributed by atoms with E-state index in [0.29, 0.717) is 22.6 Å². The van der Waals surface area contributed by atoms with Crippen molar-refractivity contribution in [2.45, 2.75) is 38.5 Å². The first-order valence-electron chi connectivity index (χ1n) is 11.1. The van der Waals surface area contributed by atoms with E-state index in [1.807, 2.05) is 26.0 Å². The Labute approximate surface area is 199 Å². The van der Waals surface area contributed by atoms with Gasteiger partial charge in [-0.05, 0) is 86.7 Å². The van der Waals surface area contributed by atoms with Crippen molar-refractivity contribution in [1.29, 1.82) is 0 Å². The van der Waals surface area contributed by atoms with E-state index in [-0.39, 0.29) is 22.3 Å². The molecule has 3 aromatic rings. The van der Waals surface area contributed by atoms with Gasteiger partial charge in [-0.15, -0.1) is 0 Å². The summed E-state index contributed by atoms with van der Waals surface area (Å²) < 4.78 is 28.4. The normalized spacial score (nSPS) is 13.3. The summed E-state index contributed by atoms with van der Waals surface area (Å²) in [6.45, 7) is 5.47. The molecule has 0 unspecified atom stereocenters. The van der Waals surface area contributed by atoms with Crippen molar-refractivity contribution >= 4 is 38.9 Å². The lowest BCUT2D eigenvalue weighted by Crippen LogP contribution is -2.18. The van der Waals surface area contributed by atoms with Gasteiger partial charge in [0.05, 0.1) is 4.90 Å². The first-order valence-corrected chi connectivity index (χ1v) is 12.5. The van der Waals surface area contributed by atoms with Gasteiger partial charge in [0.2, 0.25) is 5.91 Å². The van der Waals surface area contributed by atoms with Gasteiger partial charge in [0.1, 0.15) is 0 Å². The zero-order valence-electron chi connectivity index (χ0n) is 19.3. The molecule has 176 valence electrons. The highest BCUT2D eigenvalue weighted by atomic mass is 32.2. The molecule has 7 nitrogen and oxygen atoms in total. The summed E-state index contributed by atoms with van der Waals surface area (Å²) in [4.78, 5) is 25.2. The van der Waals surface area contributed by atoms with Crippen LogP contribution in [0.15, 0.2) is 65.6 Å². The smallest absolute Gasteiger partial charge is 0.261 e. The van der Waals surface area contributed by atoms with Crippen molar-refractivity contribution in [2.75, 3.05) is 15.4 Å². The Morgan fingerprint density at radius 3 is 2.26 bits per heavy atom. The molecule has 0 heterocycles. The summed E-state index contributed by atoms with van der Waals surface area (Å²) in [5, 5.41) is 5.73. The summed E-state index contributed by atoms with van der Waals surface area (Å²) in [6.07, 6.45) is 1.80. The van der Waals surface area contributed by atoms with Gasteiger partial charge < -0.3 is 10.6 Å². The van der Waals surface area contributed by atoms with Gasteiger partial charge in [0, 0.05) is 28.5 Å². The Hall–Kier alpha value is -3.65. The van der Waals surface area contributed by atoms with Gasteiger partial charge in [-0.2, -0.15) is 0 Å². The van der Waals surface area contributed by atoms with E-state index < -0.39 is 15.9 Å². The molecule has 3 aromatic carbocycles. The van der Waals surface area contributed by atoms with Gasteiger partial charge in [-0.25, -0.2) is 8.42 Å². The second-order valence-corrected chi connectivity index (χ2v) is 10.4. The molecule has 0 aliphatic heterocycles. The number of nitrogens with one attached hydrogen (secondary N) is 3. The van der Waals surface area contributed by atoms with Crippen molar-refractivity contribution in [3.8, 4) is 0 Å². The van der Waals surface area contributed by atoms with Crippen LogP contribution in [-0.4, -0.2) is 20.2 Å². The molecule has 34 heavy (non-hydrogen) atoms. The fourth-order valence-electron chi connectivity index (χ4n) is 3.55. The van der Waals surface area contributed by atoms with Crippen molar-refractivity contribution in [1.82, 2.24) is 0 Å². The topological polar surface area (TPSA) is 104 Å². The van der Waals surface area contributed by atoms with E-state index in [1.165, 1.54) is 12.1 Å². The molecule has 1 fully saturated rings. The lowest BCUT2D eigenvalue weighted by Gasteiger charge is -2.14.